The number of carbonyl (C=O) groups excluding carboxylic acids is 1. The van der Waals surface area contributed by atoms with Gasteiger partial charge in [-0.1, -0.05) is 25.5 Å². The molecular formula is C18H17FN2O3S. The van der Waals surface area contributed by atoms with Crippen LogP contribution in [0, 0.1) is 5.82 Å². The molecule has 0 aliphatic carbocycles. The van der Waals surface area contributed by atoms with E-state index < -0.39 is 5.97 Å². The van der Waals surface area contributed by atoms with Gasteiger partial charge in [-0.3, -0.25) is 9.36 Å². The largest absolute Gasteiger partial charge is 0.462 e. The number of fused-ring (bicyclic) bond motifs is 1. The van der Waals surface area contributed by atoms with Crippen molar-refractivity contribution in [3.8, 4) is 0 Å². The Bertz CT molecular complexity index is 947. The highest BCUT2D eigenvalue weighted by atomic mass is 32.1. The second-order valence-corrected chi connectivity index (χ2v) is 6.48. The molecule has 0 saturated carbocycles. The van der Waals surface area contributed by atoms with E-state index >= 15 is 0 Å². The fourth-order valence-corrected chi connectivity index (χ4v) is 3.27. The first kappa shape index (κ1) is 17.3. The molecule has 7 heteroatoms. The Hall–Kier alpha value is -2.54. The highest BCUT2D eigenvalue weighted by Crippen LogP contribution is 2.22. The van der Waals surface area contributed by atoms with Gasteiger partial charge in [0.1, 0.15) is 10.6 Å². The highest BCUT2D eigenvalue weighted by molar-refractivity contribution is 7.17. The first-order chi connectivity index (χ1) is 12.1. The number of unbranched alkanes of at least 4 members (excludes halogenated alkanes) is 1. The van der Waals surface area contributed by atoms with E-state index in [0.717, 1.165) is 18.4 Å². The molecule has 0 radical (unpaired) electrons. The van der Waals surface area contributed by atoms with Crippen molar-refractivity contribution in [1.29, 1.82) is 0 Å². The van der Waals surface area contributed by atoms with E-state index in [4.69, 9.17) is 4.74 Å². The van der Waals surface area contributed by atoms with E-state index in [0.29, 0.717) is 11.4 Å². The Labute approximate surface area is 147 Å². The number of benzene rings is 1. The van der Waals surface area contributed by atoms with Gasteiger partial charge in [0.25, 0.3) is 5.56 Å². The van der Waals surface area contributed by atoms with Gasteiger partial charge in [0.05, 0.1) is 30.4 Å². The van der Waals surface area contributed by atoms with Crippen molar-refractivity contribution in [2.24, 2.45) is 0 Å². The molecule has 5 nitrogen and oxygen atoms in total. The van der Waals surface area contributed by atoms with Crippen LogP contribution in [0.1, 0.15) is 35.7 Å². The van der Waals surface area contributed by atoms with Gasteiger partial charge in [-0.2, -0.15) is 0 Å². The van der Waals surface area contributed by atoms with Crippen molar-refractivity contribution in [2.75, 3.05) is 6.61 Å². The van der Waals surface area contributed by atoms with Crippen LogP contribution in [0.3, 0.4) is 0 Å². The fraction of sp³-hybridized carbons (Fsp3) is 0.278. The van der Waals surface area contributed by atoms with Gasteiger partial charge in [-0.05, 0) is 24.1 Å². The minimum absolute atomic E-state index is 0.252. The van der Waals surface area contributed by atoms with Crippen molar-refractivity contribution in [3.05, 3.63) is 63.3 Å². The summed E-state index contributed by atoms with van der Waals surface area (Å²) in [5.41, 5.74) is 0.715. The predicted molar refractivity (Wildman–Crippen MR) is 94.6 cm³/mol. The summed E-state index contributed by atoms with van der Waals surface area (Å²) in [5, 5.41) is 1.88. The average molecular weight is 360 g/mol. The van der Waals surface area contributed by atoms with Crippen LogP contribution in [0.5, 0.6) is 0 Å². The Balaban J connectivity index is 1.93. The van der Waals surface area contributed by atoms with Crippen LogP contribution >= 0.6 is 11.3 Å². The number of halogens is 1. The summed E-state index contributed by atoms with van der Waals surface area (Å²) >= 11 is 1.24. The number of carbonyl (C=O) groups is 1. The number of rotatable bonds is 6. The molecule has 0 spiro atoms. The second kappa shape index (κ2) is 7.57. The summed E-state index contributed by atoms with van der Waals surface area (Å²) in [6, 6.07) is 5.90. The average Bonchev–Trinajstić information content (AvgIpc) is 3.04. The number of nitrogens with zero attached hydrogens (tertiary/aromatic N) is 2. The molecule has 3 aromatic rings. The molecule has 3 rings (SSSR count). The van der Waals surface area contributed by atoms with Gasteiger partial charge in [0.2, 0.25) is 0 Å². The summed E-state index contributed by atoms with van der Waals surface area (Å²) < 4.78 is 19.6. The molecule has 0 fully saturated rings. The molecule has 0 bridgehead atoms. The lowest BCUT2D eigenvalue weighted by Gasteiger charge is -2.06. The normalized spacial score (nSPS) is 11.0. The topological polar surface area (TPSA) is 61.2 Å². The molecule has 0 N–H and O–H groups in total. The summed E-state index contributed by atoms with van der Waals surface area (Å²) in [4.78, 5) is 29.7. The van der Waals surface area contributed by atoms with Gasteiger partial charge < -0.3 is 4.74 Å². The molecule has 0 aliphatic heterocycles. The van der Waals surface area contributed by atoms with Gasteiger partial charge in [0.15, 0.2) is 0 Å². The first-order valence-corrected chi connectivity index (χ1v) is 8.86. The molecule has 2 aromatic heterocycles. The van der Waals surface area contributed by atoms with E-state index in [1.165, 1.54) is 34.4 Å². The smallest absolute Gasteiger partial charge is 0.339 e. The number of hydrogen-bond acceptors (Lipinski definition) is 5. The number of hydrogen-bond donors (Lipinski definition) is 0. The molecule has 2 heterocycles. The standard InChI is InChI=1S/C18H17FN2O3S/c1-2-3-8-24-18(23)14-10-25-16-15(14)17(22)21(11-20-16)9-12-4-6-13(19)7-5-12/h4-7,10-11H,2-3,8-9H2,1H3. The van der Waals surface area contributed by atoms with Crippen LogP contribution in [0.15, 0.2) is 40.8 Å². The fourth-order valence-electron chi connectivity index (χ4n) is 2.40. The molecule has 1 aromatic carbocycles. The highest BCUT2D eigenvalue weighted by Gasteiger charge is 2.18. The molecule has 0 amide bonds. The molecule has 0 unspecified atom stereocenters. The minimum Gasteiger partial charge on any atom is -0.462 e. The summed E-state index contributed by atoms with van der Waals surface area (Å²) in [7, 11) is 0. The monoisotopic (exact) mass is 360 g/mol. The molecule has 0 saturated heterocycles. The Morgan fingerprint density at radius 2 is 2.08 bits per heavy atom. The summed E-state index contributed by atoms with van der Waals surface area (Å²) in [6.45, 7) is 2.59. The molecule has 0 aliphatic rings. The molecule has 130 valence electrons. The lowest BCUT2D eigenvalue weighted by atomic mass is 10.2. The molecular weight excluding hydrogens is 343 g/mol. The van der Waals surface area contributed by atoms with E-state index in [2.05, 4.69) is 4.98 Å². The zero-order valence-electron chi connectivity index (χ0n) is 13.7. The Kier molecular flexibility index (Phi) is 5.23. The van der Waals surface area contributed by atoms with Crippen LogP contribution in [-0.2, 0) is 11.3 Å². The first-order valence-electron chi connectivity index (χ1n) is 7.98. The number of thiophene rings is 1. The quantitative estimate of drug-likeness (QED) is 0.498. The van der Waals surface area contributed by atoms with Gasteiger partial charge in [-0.25, -0.2) is 14.2 Å². The van der Waals surface area contributed by atoms with Crippen molar-refractivity contribution in [3.63, 3.8) is 0 Å². The van der Waals surface area contributed by atoms with Gasteiger partial charge >= 0.3 is 5.97 Å². The lowest BCUT2D eigenvalue weighted by molar-refractivity contribution is 0.0502. The van der Waals surface area contributed by atoms with E-state index in [1.807, 2.05) is 6.92 Å². The van der Waals surface area contributed by atoms with Crippen LogP contribution in [0.2, 0.25) is 0 Å². The number of esters is 1. The molecule has 0 atom stereocenters. The number of ether oxygens (including phenoxy) is 1. The van der Waals surface area contributed by atoms with Crippen LogP contribution in [-0.4, -0.2) is 22.1 Å². The summed E-state index contributed by atoms with van der Waals surface area (Å²) in [6.07, 6.45) is 3.14. The Morgan fingerprint density at radius 3 is 2.80 bits per heavy atom. The third-order valence-corrected chi connectivity index (χ3v) is 4.66. The zero-order chi connectivity index (χ0) is 17.8. The van der Waals surface area contributed by atoms with E-state index in [1.54, 1.807) is 17.5 Å². The van der Waals surface area contributed by atoms with Crippen molar-refractivity contribution < 1.29 is 13.9 Å². The van der Waals surface area contributed by atoms with Gasteiger partial charge in [-0.15, -0.1) is 11.3 Å². The van der Waals surface area contributed by atoms with Crippen LogP contribution < -0.4 is 5.56 Å². The van der Waals surface area contributed by atoms with E-state index in [-0.39, 0.29) is 28.9 Å². The summed E-state index contributed by atoms with van der Waals surface area (Å²) in [5.74, 6) is -0.835. The van der Waals surface area contributed by atoms with Crippen LogP contribution in [0.4, 0.5) is 4.39 Å². The predicted octanol–water partition coefficient (Wildman–Crippen LogP) is 3.60. The third-order valence-electron chi connectivity index (χ3n) is 3.78. The SMILES string of the molecule is CCCCOC(=O)c1csc2ncn(Cc3ccc(F)cc3)c(=O)c12. The van der Waals surface area contributed by atoms with Crippen molar-refractivity contribution in [1.82, 2.24) is 9.55 Å². The maximum Gasteiger partial charge on any atom is 0.339 e. The van der Waals surface area contributed by atoms with Crippen LogP contribution in [0.25, 0.3) is 10.2 Å². The minimum atomic E-state index is -0.502. The van der Waals surface area contributed by atoms with Gasteiger partial charge in [0, 0.05) is 5.38 Å². The third kappa shape index (κ3) is 3.76. The van der Waals surface area contributed by atoms with Crippen molar-refractivity contribution in [2.45, 2.75) is 26.3 Å². The van der Waals surface area contributed by atoms with E-state index in [9.17, 15) is 14.0 Å². The zero-order valence-corrected chi connectivity index (χ0v) is 14.5. The lowest BCUT2D eigenvalue weighted by Crippen LogP contribution is -2.22. The Morgan fingerprint density at radius 1 is 1.32 bits per heavy atom. The maximum absolute atomic E-state index is 13.0. The van der Waals surface area contributed by atoms with Crippen molar-refractivity contribution >= 4 is 27.5 Å². The number of aromatic nitrogens is 2. The second-order valence-electron chi connectivity index (χ2n) is 5.62. The molecule has 25 heavy (non-hydrogen) atoms. The maximum atomic E-state index is 13.0.